The highest BCUT2D eigenvalue weighted by molar-refractivity contribution is 7.08. The average molecular weight is 254 g/mol. The number of carbonyl (C=O) groups is 1. The number of nitrogens with one attached hydrogen (secondary N) is 1. The second-order valence-corrected chi connectivity index (χ2v) is 5.19. The number of rotatable bonds is 4. The second-order valence-electron chi connectivity index (χ2n) is 4.41. The molecule has 0 radical (unpaired) electrons. The standard InChI is InChI=1S/C12H18N2O2S/c1-2-13-10-5-9(12(15)16)6-14(7-10)11-3-4-17-8-11/h3-4,8-10,13H,2,5-7H2,1H3,(H,15,16). The number of carboxylic acid groups (broad SMARTS) is 1. The molecule has 1 aromatic heterocycles. The molecule has 0 aliphatic carbocycles. The van der Waals surface area contributed by atoms with E-state index in [0.717, 1.165) is 25.2 Å². The van der Waals surface area contributed by atoms with Gasteiger partial charge in [0.1, 0.15) is 0 Å². The van der Waals surface area contributed by atoms with Gasteiger partial charge in [0, 0.05) is 30.2 Å². The van der Waals surface area contributed by atoms with Gasteiger partial charge in [0.25, 0.3) is 0 Å². The third-order valence-electron chi connectivity index (χ3n) is 3.16. The molecule has 1 aliphatic heterocycles. The van der Waals surface area contributed by atoms with Crippen molar-refractivity contribution in [3.8, 4) is 0 Å². The Hall–Kier alpha value is -1.07. The van der Waals surface area contributed by atoms with Crippen LogP contribution in [-0.4, -0.2) is 36.8 Å². The third-order valence-corrected chi connectivity index (χ3v) is 3.83. The first-order valence-corrected chi connectivity index (χ1v) is 6.88. The van der Waals surface area contributed by atoms with Crippen LogP contribution < -0.4 is 10.2 Å². The van der Waals surface area contributed by atoms with Crippen LogP contribution in [0.3, 0.4) is 0 Å². The maximum absolute atomic E-state index is 11.2. The topological polar surface area (TPSA) is 52.6 Å². The smallest absolute Gasteiger partial charge is 0.308 e. The zero-order valence-corrected chi connectivity index (χ0v) is 10.7. The summed E-state index contributed by atoms with van der Waals surface area (Å²) in [7, 11) is 0. The molecule has 2 heterocycles. The van der Waals surface area contributed by atoms with E-state index < -0.39 is 5.97 Å². The van der Waals surface area contributed by atoms with E-state index in [0.29, 0.717) is 6.54 Å². The lowest BCUT2D eigenvalue weighted by Gasteiger charge is -2.37. The lowest BCUT2D eigenvalue weighted by molar-refractivity contribution is -0.142. The number of hydrogen-bond donors (Lipinski definition) is 2. The van der Waals surface area contributed by atoms with Crippen LogP contribution in [0.25, 0.3) is 0 Å². The van der Waals surface area contributed by atoms with Gasteiger partial charge in [-0.25, -0.2) is 0 Å². The van der Waals surface area contributed by atoms with Gasteiger partial charge in [-0.2, -0.15) is 11.3 Å². The minimum Gasteiger partial charge on any atom is -0.481 e. The van der Waals surface area contributed by atoms with Gasteiger partial charge in [0.2, 0.25) is 0 Å². The summed E-state index contributed by atoms with van der Waals surface area (Å²) in [5.74, 6) is -0.958. The van der Waals surface area contributed by atoms with E-state index in [4.69, 9.17) is 0 Å². The number of nitrogens with zero attached hydrogens (tertiary/aromatic N) is 1. The SMILES string of the molecule is CCNC1CC(C(=O)O)CN(c2ccsc2)C1. The number of likely N-dealkylation sites (N-methyl/N-ethyl adjacent to an activating group) is 1. The van der Waals surface area contributed by atoms with Gasteiger partial charge in [-0.3, -0.25) is 4.79 Å². The van der Waals surface area contributed by atoms with Crippen molar-refractivity contribution in [3.05, 3.63) is 16.8 Å². The number of piperidine rings is 1. The Morgan fingerprint density at radius 3 is 3.06 bits per heavy atom. The molecule has 4 nitrogen and oxygen atoms in total. The molecule has 2 rings (SSSR count). The highest BCUT2D eigenvalue weighted by Gasteiger charge is 2.31. The fourth-order valence-corrected chi connectivity index (χ4v) is 3.03. The molecule has 0 spiro atoms. The summed E-state index contributed by atoms with van der Waals surface area (Å²) in [5, 5.41) is 16.7. The Kier molecular flexibility index (Phi) is 4.02. The number of thiophene rings is 1. The Labute approximate surface area is 105 Å². The summed E-state index contributed by atoms with van der Waals surface area (Å²) in [6.07, 6.45) is 0.726. The monoisotopic (exact) mass is 254 g/mol. The molecule has 2 atom stereocenters. The zero-order valence-electron chi connectivity index (χ0n) is 9.93. The van der Waals surface area contributed by atoms with Crippen molar-refractivity contribution < 1.29 is 9.90 Å². The van der Waals surface area contributed by atoms with E-state index in [2.05, 4.69) is 28.6 Å². The van der Waals surface area contributed by atoms with Gasteiger partial charge < -0.3 is 15.3 Å². The predicted octanol–water partition coefficient (Wildman–Crippen LogP) is 1.64. The molecule has 1 fully saturated rings. The van der Waals surface area contributed by atoms with Crippen LogP contribution in [0.4, 0.5) is 5.69 Å². The summed E-state index contributed by atoms with van der Waals surface area (Å²) in [4.78, 5) is 13.3. The molecular weight excluding hydrogens is 236 g/mol. The molecule has 2 unspecified atom stereocenters. The first-order chi connectivity index (χ1) is 8.20. The Balaban J connectivity index is 2.08. The van der Waals surface area contributed by atoms with E-state index in [1.165, 1.54) is 0 Å². The average Bonchev–Trinajstić information content (AvgIpc) is 2.82. The van der Waals surface area contributed by atoms with Crippen LogP contribution >= 0.6 is 11.3 Å². The summed E-state index contributed by atoms with van der Waals surface area (Å²) in [6.45, 7) is 4.45. The van der Waals surface area contributed by atoms with Crippen molar-refractivity contribution in [2.75, 3.05) is 24.5 Å². The molecule has 1 aromatic rings. The van der Waals surface area contributed by atoms with Crippen molar-refractivity contribution >= 4 is 23.0 Å². The molecule has 1 saturated heterocycles. The minimum atomic E-state index is -0.687. The molecule has 94 valence electrons. The molecular formula is C12H18N2O2S. The van der Waals surface area contributed by atoms with Gasteiger partial charge in [-0.05, 0) is 24.4 Å². The lowest BCUT2D eigenvalue weighted by atomic mass is 9.94. The van der Waals surface area contributed by atoms with Crippen LogP contribution in [0.1, 0.15) is 13.3 Å². The quantitative estimate of drug-likeness (QED) is 0.857. The van der Waals surface area contributed by atoms with Gasteiger partial charge in [-0.1, -0.05) is 6.92 Å². The normalized spacial score (nSPS) is 24.9. The predicted molar refractivity (Wildman–Crippen MR) is 69.7 cm³/mol. The Morgan fingerprint density at radius 2 is 2.47 bits per heavy atom. The number of aliphatic carboxylic acids is 1. The van der Waals surface area contributed by atoms with Gasteiger partial charge in [-0.15, -0.1) is 0 Å². The summed E-state index contributed by atoms with van der Waals surface area (Å²) in [5.41, 5.74) is 1.14. The van der Waals surface area contributed by atoms with Gasteiger partial charge in [0.05, 0.1) is 5.92 Å². The Bertz CT molecular complexity index is 367. The molecule has 0 bridgehead atoms. The van der Waals surface area contributed by atoms with Crippen molar-refractivity contribution in [3.63, 3.8) is 0 Å². The van der Waals surface area contributed by atoms with E-state index >= 15 is 0 Å². The van der Waals surface area contributed by atoms with Crippen molar-refractivity contribution in [2.24, 2.45) is 5.92 Å². The van der Waals surface area contributed by atoms with Gasteiger partial charge >= 0.3 is 5.97 Å². The van der Waals surface area contributed by atoms with Crippen molar-refractivity contribution in [1.29, 1.82) is 0 Å². The van der Waals surface area contributed by atoms with Crippen LogP contribution in [0, 0.1) is 5.92 Å². The largest absolute Gasteiger partial charge is 0.481 e. The van der Waals surface area contributed by atoms with Crippen LogP contribution in [-0.2, 0) is 4.79 Å². The summed E-state index contributed by atoms with van der Waals surface area (Å²) >= 11 is 1.65. The zero-order chi connectivity index (χ0) is 12.3. The number of carboxylic acids is 1. The third kappa shape index (κ3) is 2.98. The first-order valence-electron chi connectivity index (χ1n) is 5.94. The van der Waals surface area contributed by atoms with E-state index in [1.54, 1.807) is 11.3 Å². The first kappa shape index (κ1) is 12.4. The molecule has 17 heavy (non-hydrogen) atoms. The van der Waals surface area contributed by atoms with E-state index in [1.807, 2.05) is 5.38 Å². The van der Waals surface area contributed by atoms with Crippen molar-refractivity contribution in [2.45, 2.75) is 19.4 Å². The van der Waals surface area contributed by atoms with Crippen LogP contribution in [0.2, 0.25) is 0 Å². The van der Waals surface area contributed by atoms with E-state index in [-0.39, 0.29) is 12.0 Å². The second kappa shape index (κ2) is 5.51. The molecule has 2 N–H and O–H groups in total. The maximum Gasteiger partial charge on any atom is 0.308 e. The fraction of sp³-hybridized carbons (Fsp3) is 0.583. The highest BCUT2D eigenvalue weighted by atomic mass is 32.1. The highest BCUT2D eigenvalue weighted by Crippen LogP contribution is 2.25. The van der Waals surface area contributed by atoms with Crippen LogP contribution in [0.15, 0.2) is 16.8 Å². The lowest BCUT2D eigenvalue weighted by Crippen LogP contribution is -2.51. The molecule has 0 amide bonds. The summed E-state index contributed by atoms with van der Waals surface area (Å²) < 4.78 is 0. The molecule has 0 aromatic carbocycles. The maximum atomic E-state index is 11.2. The molecule has 0 saturated carbocycles. The summed E-state index contributed by atoms with van der Waals surface area (Å²) in [6, 6.07) is 2.33. The van der Waals surface area contributed by atoms with Crippen LogP contribution in [0.5, 0.6) is 0 Å². The number of hydrogen-bond acceptors (Lipinski definition) is 4. The van der Waals surface area contributed by atoms with E-state index in [9.17, 15) is 9.90 Å². The fourth-order valence-electron chi connectivity index (χ4n) is 2.36. The molecule has 1 aliphatic rings. The molecule has 5 heteroatoms. The Morgan fingerprint density at radius 1 is 1.65 bits per heavy atom. The number of anilines is 1. The van der Waals surface area contributed by atoms with Crippen molar-refractivity contribution in [1.82, 2.24) is 5.32 Å². The van der Waals surface area contributed by atoms with Gasteiger partial charge in [0.15, 0.2) is 0 Å². The minimum absolute atomic E-state index is 0.271.